The zero-order valence-corrected chi connectivity index (χ0v) is 15.4. The van der Waals surface area contributed by atoms with Crippen molar-refractivity contribution in [2.75, 3.05) is 19.4 Å². The van der Waals surface area contributed by atoms with Crippen molar-refractivity contribution in [3.05, 3.63) is 36.5 Å². The van der Waals surface area contributed by atoms with Crippen LogP contribution in [0.4, 0.5) is 5.95 Å². The number of hydrogen-bond acceptors (Lipinski definition) is 5. The van der Waals surface area contributed by atoms with Crippen LogP contribution in [0.1, 0.15) is 25.7 Å². The molecule has 1 saturated carbocycles. The van der Waals surface area contributed by atoms with Gasteiger partial charge < -0.3 is 10.6 Å². The highest BCUT2D eigenvalue weighted by Crippen LogP contribution is 2.30. The Hall–Kier alpha value is -2.47. The molecule has 2 heterocycles. The summed E-state index contributed by atoms with van der Waals surface area (Å²) in [5.41, 5.74) is 2.99. The van der Waals surface area contributed by atoms with E-state index in [9.17, 15) is 0 Å². The van der Waals surface area contributed by atoms with Crippen LogP contribution < -0.4 is 10.6 Å². The van der Waals surface area contributed by atoms with Gasteiger partial charge in [-0.3, -0.25) is 0 Å². The molecule has 4 rings (SSSR count). The van der Waals surface area contributed by atoms with Crippen molar-refractivity contribution in [1.82, 2.24) is 25.1 Å². The van der Waals surface area contributed by atoms with Crippen LogP contribution in [0.3, 0.4) is 0 Å². The third kappa shape index (κ3) is 3.29. The molecule has 0 spiro atoms. The number of benzene rings is 1. The first-order valence-corrected chi connectivity index (χ1v) is 9.42. The first kappa shape index (κ1) is 17.0. The van der Waals surface area contributed by atoms with E-state index in [0.717, 1.165) is 28.8 Å². The van der Waals surface area contributed by atoms with E-state index in [4.69, 9.17) is 10.1 Å². The second-order valence-corrected chi connectivity index (χ2v) is 7.08. The Bertz CT molecular complexity index is 865. The first-order valence-electron chi connectivity index (χ1n) is 9.42. The van der Waals surface area contributed by atoms with E-state index in [2.05, 4.69) is 39.5 Å². The molecular formula is C20H26N6. The Balaban J connectivity index is 1.69. The number of nitrogens with one attached hydrogen (secondary N) is 2. The smallest absolute Gasteiger partial charge is 0.224 e. The van der Waals surface area contributed by atoms with Gasteiger partial charge in [0.1, 0.15) is 5.69 Å². The minimum atomic E-state index is 0.636. The van der Waals surface area contributed by atoms with Gasteiger partial charge in [-0.2, -0.15) is 10.1 Å². The molecule has 1 aliphatic rings. The molecule has 3 aromatic rings. The fourth-order valence-corrected chi connectivity index (χ4v) is 3.89. The summed E-state index contributed by atoms with van der Waals surface area (Å²) in [5.74, 6) is 1.29. The fraction of sp³-hybridized carbons (Fsp3) is 0.450. The van der Waals surface area contributed by atoms with Gasteiger partial charge in [-0.15, -0.1) is 0 Å². The summed E-state index contributed by atoms with van der Waals surface area (Å²) in [4.78, 5) is 9.11. The molecule has 0 unspecified atom stereocenters. The summed E-state index contributed by atoms with van der Waals surface area (Å²) in [6, 6.07) is 11.0. The number of hydrogen-bond donors (Lipinski definition) is 2. The average Bonchev–Trinajstić information content (AvgIpc) is 3.07. The lowest BCUT2D eigenvalue weighted by atomic mass is 9.86. The van der Waals surface area contributed by atoms with Crippen molar-refractivity contribution >= 4 is 17.0 Å². The molecule has 0 amide bonds. The topological polar surface area (TPSA) is 67.7 Å². The molecule has 1 fully saturated rings. The molecule has 2 N–H and O–H groups in total. The summed E-state index contributed by atoms with van der Waals surface area (Å²) in [5, 5.41) is 12.4. The molecule has 1 aliphatic carbocycles. The minimum absolute atomic E-state index is 0.636. The Morgan fingerprint density at radius 3 is 2.54 bits per heavy atom. The lowest BCUT2D eigenvalue weighted by Crippen LogP contribution is -2.31. The SMILES string of the molecule is CNc1ncc2c(-c3ccccc3)nn(C[C@H]3CC[C@H](NC)CC3)c2n1. The molecule has 0 radical (unpaired) electrons. The number of anilines is 1. The summed E-state index contributed by atoms with van der Waals surface area (Å²) in [6.07, 6.45) is 6.83. The maximum absolute atomic E-state index is 4.94. The van der Waals surface area contributed by atoms with Crippen LogP contribution >= 0.6 is 0 Å². The number of rotatable bonds is 5. The Morgan fingerprint density at radius 1 is 1.08 bits per heavy atom. The van der Waals surface area contributed by atoms with E-state index < -0.39 is 0 Å². The molecule has 0 saturated heterocycles. The van der Waals surface area contributed by atoms with Crippen molar-refractivity contribution in [3.63, 3.8) is 0 Å². The fourth-order valence-electron chi connectivity index (χ4n) is 3.89. The maximum Gasteiger partial charge on any atom is 0.224 e. The molecule has 136 valence electrons. The highest BCUT2D eigenvalue weighted by molar-refractivity contribution is 5.91. The molecular weight excluding hydrogens is 324 g/mol. The zero-order chi connectivity index (χ0) is 17.9. The van der Waals surface area contributed by atoms with Gasteiger partial charge in [0.05, 0.1) is 5.39 Å². The average molecular weight is 350 g/mol. The van der Waals surface area contributed by atoms with Gasteiger partial charge in [-0.25, -0.2) is 9.67 Å². The highest BCUT2D eigenvalue weighted by atomic mass is 15.3. The molecule has 0 aliphatic heterocycles. The van der Waals surface area contributed by atoms with E-state index in [1.165, 1.54) is 25.7 Å². The summed E-state index contributed by atoms with van der Waals surface area (Å²) in [6.45, 7) is 0.917. The number of aromatic nitrogens is 4. The predicted molar refractivity (Wildman–Crippen MR) is 105 cm³/mol. The molecule has 0 atom stereocenters. The van der Waals surface area contributed by atoms with Gasteiger partial charge in [0, 0.05) is 31.4 Å². The van der Waals surface area contributed by atoms with E-state index in [1.54, 1.807) is 0 Å². The first-order chi connectivity index (χ1) is 12.8. The lowest BCUT2D eigenvalue weighted by molar-refractivity contribution is 0.270. The van der Waals surface area contributed by atoms with Gasteiger partial charge in [0.15, 0.2) is 5.65 Å². The Labute approximate surface area is 154 Å². The van der Waals surface area contributed by atoms with Crippen molar-refractivity contribution in [2.45, 2.75) is 38.3 Å². The normalized spacial score (nSPS) is 20.4. The van der Waals surface area contributed by atoms with Crippen LogP contribution in [-0.2, 0) is 6.54 Å². The molecule has 6 heteroatoms. The monoisotopic (exact) mass is 350 g/mol. The quantitative estimate of drug-likeness (QED) is 0.739. The van der Waals surface area contributed by atoms with Crippen LogP contribution in [0.5, 0.6) is 0 Å². The Kier molecular flexibility index (Phi) is 4.84. The van der Waals surface area contributed by atoms with Gasteiger partial charge in [0.25, 0.3) is 0 Å². The largest absolute Gasteiger partial charge is 0.357 e. The molecule has 0 bridgehead atoms. The van der Waals surface area contributed by atoms with Crippen LogP contribution in [0.25, 0.3) is 22.3 Å². The van der Waals surface area contributed by atoms with Gasteiger partial charge in [0.2, 0.25) is 5.95 Å². The molecule has 2 aromatic heterocycles. The Morgan fingerprint density at radius 2 is 1.85 bits per heavy atom. The van der Waals surface area contributed by atoms with Gasteiger partial charge in [-0.1, -0.05) is 30.3 Å². The van der Waals surface area contributed by atoms with E-state index in [0.29, 0.717) is 17.9 Å². The van der Waals surface area contributed by atoms with Gasteiger partial charge >= 0.3 is 0 Å². The third-order valence-corrected chi connectivity index (χ3v) is 5.45. The number of nitrogens with zero attached hydrogens (tertiary/aromatic N) is 4. The van der Waals surface area contributed by atoms with Gasteiger partial charge in [-0.05, 0) is 38.6 Å². The van der Waals surface area contributed by atoms with E-state index in [-0.39, 0.29) is 0 Å². The standard InChI is InChI=1S/C20H26N6/c1-21-16-10-8-14(9-11-16)13-26-19-17(12-23-20(22-2)24-19)18(25-26)15-6-4-3-5-7-15/h3-7,12,14,16,21H,8-11,13H2,1-2H3,(H,22,23,24)/t14-,16-. The van der Waals surface area contributed by atoms with Crippen LogP contribution in [0, 0.1) is 5.92 Å². The predicted octanol–water partition coefficient (Wildman–Crippen LogP) is 3.31. The van der Waals surface area contributed by atoms with Crippen molar-refractivity contribution in [2.24, 2.45) is 5.92 Å². The minimum Gasteiger partial charge on any atom is -0.357 e. The highest BCUT2D eigenvalue weighted by Gasteiger charge is 2.23. The summed E-state index contributed by atoms with van der Waals surface area (Å²) in [7, 11) is 3.91. The second-order valence-electron chi connectivity index (χ2n) is 7.08. The van der Waals surface area contributed by atoms with E-state index in [1.807, 2.05) is 31.4 Å². The van der Waals surface area contributed by atoms with Crippen molar-refractivity contribution in [3.8, 4) is 11.3 Å². The van der Waals surface area contributed by atoms with E-state index >= 15 is 0 Å². The molecule has 26 heavy (non-hydrogen) atoms. The van der Waals surface area contributed by atoms with Crippen molar-refractivity contribution < 1.29 is 0 Å². The second kappa shape index (κ2) is 7.41. The lowest BCUT2D eigenvalue weighted by Gasteiger charge is -2.28. The molecule has 6 nitrogen and oxygen atoms in total. The molecule has 1 aromatic carbocycles. The van der Waals surface area contributed by atoms with Crippen LogP contribution in [0.15, 0.2) is 36.5 Å². The summed E-state index contributed by atoms with van der Waals surface area (Å²) >= 11 is 0. The number of fused-ring (bicyclic) bond motifs is 1. The summed E-state index contributed by atoms with van der Waals surface area (Å²) < 4.78 is 2.09. The van der Waals surface area contributed by atoms with Crippen LogP contribution in [-0.4, -0.2) is 39.9 Å². The zero-order valence-electron chi connectivity index (χ0n) is 15.4. The third-order valence-electron chi connectivity index (χ3n) is 5.45. The van der Waals surface area contributed by atoms with Crippen molar-refractivity contribution in [1.29, 1.82) is 0 Å². The maximum atomic E-state index is 4.94. The van der Waals surface area contributed by atoms with Crippen LogP contribution in [0.2, 0.25) is 0 Å².